The molecule has 0 spiro atoms. The van der Waals surface area contributed by atoms with Gasteiger partial charge in [0.15, 0.2) is 0 Å². The summed E-state index contributed by atoms with van der Waals surface area (Å²) in [7, 11) is 0. The molecule has 2 heterocycles. The van der Waals surface area contributed by atoms with Gasteiger partial charge in [-0.15, -0.1) is 0 Å². The average molecular weight is 361 g/mol. The van der Waals surface area contributed by atoms with Gasteiger partial charge < -0.3 is 9.73 Å². The molecule has 0 aliphatic rings. The molecule has 134 valence electrons. The summed E-state index contributed by atoms with van der Waals surface area (Å²) in [4.78, 5) is 12.8. The van der Waals surface area contributed by atoms with Gasteiger partial charge in [-0.05, 0) is 30.3 Å². The normalized spacial score (nSPS) is 10.7. The van der Waals surface area contributed by atoms with E-state index in [1.807, 2.05) is 30.3 Å². The Morgan fingerprint density at radius 2 is 1.93 bits per heavy atom. The summed E-state index contributed by atoms with van der Waals surface area (Å²) in [5.74, 6) is 0.000807. The van der Waals surface area contributed by atoms with Crippen LogP contribution in [0.1, 0.15) is 16.1 Å². The van der Waals surface area contributed by atoms with Crippen LogP contribution in [0, 0.1) is 5.82 Å². The SMILES string of the molecule is O=C(NCc1ccco1)c1cnn(-c2cccc(F)c2)c1-c1ccccc1. The zero-order chi connectivity index (χ0) is 18.6. The van der Waals surface area contributed by atoms with E-state index in [9.17, 15) is 9.18 Å². The molecule has 27 heavy (non-hydrogen) atoms. The van der Waals surface area contributed by atoms with Gasteiger partial charge in [0.05, 0.1) is 35.9 Å². The van der Waals surface area contributed by atoms with E-state index < -0.39 is 0 Å². The van der Waals surface area contributed by atoms with Crippen LogP contribution in [0.15, 0.2) is 83.6 Å². The van der Waals surface area contributed by atoms with E-state index in [0.717, 1.165) is 5.56 Å². The maximum atomic E-state index is 13.7. The Bertz CT molecular complexity index is 1060. The van der Waals surface area contributed by atoms with E-state index in [-0.39, 0.29) is 18.3 Å². The highest BCUT2D eigenvalue weighted by Crippen LogP contribution is 2.27. The largest absolute Gasteiger partial charge is 0.467 e. The van der Waals surface area contributed by atoms with Crippen LogP contribution in [-0.4, -0.2) is 15.7 Å². The number of nitrogens with one attached hydrogen (secondary N) is 1. The molecule has 0 fully saturated rings. The molecule has 0 aliphatic carbocycles. The van der Waals surface area contributed by atoms with Crippen LogP contribution in [0.4, 0.5) is 4.39 Å². The smallest absolute Gasteiger partial charge is 0.255 e. The van der Waals surface area contributed by atoms with Gasteiger partial charge in [-0.3, -0.25) is 4.79 Å². The van der Waals surface area contributed by atoms with E-state index >= 15 is 0 Å². The molecule has 0 unspecified atom stereocenters. The first kappa shape index (κ1) is 16.8. The van der Waals surface area contributed by atoms with E-state index in [2.05, 4.69) is 10.4 Å². The van der Waals surface area contributed by atoms with Gasteiger partial charge >= 0.3 is 0 Å². The van der Waals surface area contributed by atoms with Crippen LogP contribution < -0.4 is 5.32 Å². The number of benzene rings is 2. The molecular weight excluding hydrogens is 345 g/mol. The van der Waals surface area contributed by atoms with Crippen LogP contribution in [0.25, 0.3) is 16.9 Å². The third-order valence-electron chi connectivity index (χ3n) is 4.12. The van der Waals surface area contributed by atoms with Crippen LogP contribution in [0.3, 0.4) is 0 Å². The molecule has 4 rings (SSSR count). The molecule has 4 aromatic rings. The van der Waals surface area contributed by atoms with Gasteiger partial charge in [0, 0.05) is 5.56 Å². The number of nitrogens with zero attached hydrogens (tertiary/aromatic N) is 2. The number of hydrogen-bond donors (Lipinski definition) is 1. The lowest BCUT2D eigenvalue weighted by Crippen LogP contribution is -2.23. The summed E-state index contributed by atoms with van der Waals surface area (Å²) >= 11 is 0. The van der Waals surface area contributed by atoms with Crippen molar-refractivity contribution < 1.29 is 13.6 Å². The van der Waals surface area contributed by atoms with Gasteiger partial charge in [-0.25, -0.2) is 9.07 Å². The fourth-order valence-corrected chi connectivity index (χ4v) is 2.87. The summed E-state index contributed by atoms with van der Waals surface area (Å²) in [6, 6.07) is 19.1. The van der Waals surface area contributed by atoms with Crippen molar-refractivity contribution >= 4 is 5.91 Å². The van der Waals surface area contributed by atoms with Crippen molar-refractivity contribution in [2.45, 2.75) is 6.54 Å². The lowest BCUT2D eigenvalue weighted by atomic mass is 10.1. The van der Waals surface area contributed by atoms with Crippen LogP contribution in [0.5, 0.6) is 0 Å². The maximum absolute atomic E-state index is 13.7. The Labute approximate surface area is 155 Å². The molecule has 1 N–H and O–H groups in total. The van der Waals surface area contributed by atoms with Crippen molar-refractivity contribution in [2.75, 3.05) is 0 Å². The first-order valence-electron chi connectivity index (χ1n) is 8.42. The van der Waals surface area contributed by atoms with E-state index in [4.69, 9.17) is 4.42 Å². The number of halogens is 1. The number of hydrogen-bond acceptors (Lipinski definition) is 3. The van der Waals surface area contributed by atoms with E-state index in [1.54, 1.807) is 35.2 Å². The molecule has 1 amide bonds. The Morgan fingerprint density at radius 3 is 2.67 bits per heavy atom. The Balaban J connectivity index is 1.74. The zero-order valence-electron chi connectivity index (χ0n) is 14.3. The fraction of sp³-hybridized carbons (Fsp3) is 0.0476. The third kappa shape index (κ3) is 3.50. The second-order valence-corrected chi connectivity index (χ2v) is 5.93. The quantitative estimate of drug-likeness (QED) is 0.579. The Kier molecular flexibility index (Phi) is 4.53. The molecule has 6 heteroatoms. The van der Waals surface area contributed by atoms with Crippen molar-refractivity contribution in [1.82, 2.24) is 15.1 Å². The highest BCUT2D eigenvalue weighted by Gasteiger charge is 2.20. The minimum absolute atomic E-state index is 0.269. The zero-order valence-corrected chi connectivity index (χ0v) is 14.3. The number of rotatable bonds is 5. The van der Waals surface area contributed by atoms with Gasteiger partial charge in [0.1, 0.15) is 11.6 Å². The molecule has 0 atom stereocenters. The van der Waals surface area contributed by atoms with Gasteiger partial charge in [0.25, 0.3) is 5.91 Å². The van der Waals surface area contributed by atoms with Crippen molar-refractivity contribution in [2.24, 2.45) is 0 Å². The van der Waals surface area contributed by atoms with Crippen molar-refractivity contribution in [1.29, 1.82) is 0 Å². The second kappa shape index (κ2) is 7.29. The molecule has 0 bridgehead atoms. The maximum Gasteiger partial charge on any atom is 0.255 e. The molecular formula is C21H16FN3O2. The number of furan rings is 1. The second-order valence-electron chi connectivity index (χ2n) is 5.93. The summed E-state index contributed by atoms with van der Waals surface area (Å²) in [6.07, 6.45) is 3.05. The van der Waals surface area contributed by atoms with E-state index in [0.29, 0.717) is 22.7 Å². The van der Waals surface area contributed by atoms with Crippen LogP contribution in [-0.2, 0) is 6.54 Å². The number of amides is 1. The number of carbonyl (C=O) groups excluding carboxylic acids is 1. The highest BCUT2D eigenvalue weighted by molar-refractivity contribution is 6.00. The van der Waals surface area contributed by atoms with E-state index in [1.165, 1.54) is 18.3 Å². The molecule has 5 nitrogen and oxygen atoms in total. The highest BCUT2D eigenvalue weighted by atomic mass is 19.1. The first-order chi connectivity index (χ1) is 13.2. The molecule has 0 saturated carbocycles. The predicted octanol–water partition coefficient (Wildman–Crippen LogP) is 4.20. The van der Waals surface area contributed by atoms with Crippen LogP contribution in [0.2, 0.25) is 0 Å². The Morgan fingerprint density at radius 1 is 1.07 bits per heavy atom. The summed E-state index contributed by atoms with van der Waals surface area (Å²) in [5.41, 5.74) is 2.34. The molecule has 0 aliphatic heterocycles. The number of aromatic nitrogens is 2. The summed E-state index contributed by atoms with van der Waals surface area (Å²) in [5, 5.41) is 7.16. The van der Waals surface area contributed by atoms with Crippen LogP contribution >= 0.6 is 0 Å². The minimum Gasteiger partial charge on any atom is -0.467 e. The molecule has 2 aromatic carbocycles. The topological polar surface area (TPSA) is 60.1 Å². The van der Waals surface area contributed by atoms with Crippen molar-refractivity contribution in [3.05, 3.63) is 96.3 Å². The average Bonchev–Trinajstić information content (AvgIpc) is 3.36. The summed E-state index contributed by atoms with van der Waals surface area (Å²) < 4.78 is 20.5. The minimum atomic E-state index is -0.370. The van der Waals surface area contributed by atoms with Crippen molar-refractivity contribution in [3.63, 3.8) is 0 Å². The van der Waals surface area contributed by atoms with Crippen molar-refractivity contribution in [3.8, 4) is 16.9 Å². The lowest BCUT2D eigenvalue weighted by molar-refractivity contribution is 0.0948. The first-order valence-corrected chi connectivity index (χ1v) is 8.42. The fourth-order valence-electron chi connectivity index (χ4n) is 2.87. The summed E-state index contributed by atoms with van der Waals surface area (Å²) in [6.45, 7) is 0.269. The molecule has 0 saturated heterocycles. The standard InChI is InChI=1S/C21H16FN3O2/c22-16-8-4-9-17(12-16)25-20(15-6-2-1-3-7-15)19(14-24-25)21(26)23-13-18-10-5-11-27-18/h1-12,14H,13H2,(H,23,26). The lowest BCUT2D eigenvalue weighted by Gasteiger charge is -2.10. The van der Waals surface area contributed by atoms with Gasteiger partial charge in [0.2, 0.25) is 0 Å². The molecule has 0 radical (unpaired) electrons. The van der Waals surface area contributed by atoms with Gasteiger partial charge in [-0.2, -0.15) is 5.10 Å². The predicted molar refractivity (Wildman–Crippen MR) is 98.8 cm³/mol. The molecule has 2 aromatic heterocycles. The third-order valence-corrected chi connectivity index (χ3v) is 4.12. The van der Waals surface area contributed by atoms with Gasteiger partial charge in [-0.1, -0.05) is 36.4 Å². The Hall–Kier alpha value is -3.67. The monoisotopic (exact) mass is 361 g/mol. The number of carbonyl (C=O) groups is 1.